The standard InChI is InChI=1S/C8H11F5O6S/c1-6(4-14)17-2-5(19-6)3-18-7(9,10)8(11,12)20(13,15)16/h5,14H,2-4H2,1H3. The van der Waals surface area contributed by atoms with Crippen LogP contribution in [0, 0.1) is 0 Å². The smallest absolute Gasteiger partial charge is 0.391 e. The first-order chi connectivity index (χ1) is 8.85. The van der Waals surface area contributed by atoms with Crippen LogP contribution in [-0.2, 0) is 24.4 Å². The van der Waals surface area contributed by atoms with E-state index in [-0.39, 0.29) is 6.61 Å². The monoisotopic (exact) mass is 330 g/mol. The number of aliphatic hydroxyl groups excluding tert-OH is 1. The molecule has 1 rings (SSSR count). The summed E-state index contributed by atoms with van der Waals surface area (Å²) < 4.78 is 96.3. The molecule has 1 heterocycles. The lowest BCUT2D eigenvalue weighted by Gasteiger charge is -2.24. The lowest BCUT2D eigenvalue weighted by Crippen LogP contribution is -2.48. The van der Waals surface area contributed by atoms with Gasteiger partial charge < -0.3 is 19.3 Å². The zero-order chi connectivity index (χ0) is 15.8. The Labute approximate surface area is 110 Å². The molecule has 0 aromatic rings. The molecule has 1 N–H and O–H groups in total. The Bertz CT molecular complexity index is 454. The van der Waals surface area contributed by atoms with Gasteiger partial charge in [-0.05, 0) is 6.92 Å². The number of rotatable bonds is 6. The zero-order valence-electron chi connectivity index (χ0n) is 9.99. The molecule has 2 unspecified atom stereocenters. The highest BCUT2D eigenvalue weighted by atomic mass is 32.3. The van der Waals surface area contributed by atoms with Gasteiger partial charge in [0.15, 0.2) is 5.79 Å². The minimum atomic E-state index is -6.85. The molecule has 1 saturated heterocycles. The molecule has 0 aliphatic carbocycles. The highest BCUT2D eigenvalue weighted by molar-refractivity contribution is 7.87. The summed E-state index contributed by atoms with van der Waals surface area (Å²) in [6.07, 6.45) is -6.83. The third-order valence-electron chi connectivity index (χ3n) is 2.37. The molecule has 0 bridgehead atoms. The number of ether oxygens (including phenoxy) is 3. The summed E-state index contributed by atoms with van der Waals surface area (Å²) in [4.78, 5) is 0. The van der Waals surface area contributed by atoms with Crippen molar-refractivity contribution in [2.75, 3.05) is 19.8 Å². The highest BCUT2D eigenvalue weighted by Crippen LogP contribution is 2.41. The quantitative estimate of drug-likeness (QED) is 0.568. The molecule has 0 saturated carbocycles. The maximum absolute atomic E-state index is 12.9. The van der Waals surface area contributed by atoms with Crippen molar-refractivity contribution in [1.82, 2.24) is 0 Å². The minimum Gasteiger partial charge on any atom is -0.391 e. The maximum Gasteiger partial charge on any atom is 0.464 e. The Morgan fingerprint density at radius 1 is 1.40 bits per heavy atom. The van der Waals surface area contributed by atoms with Crippen LogP contribution in [-0.4, -0.2) is 56.6 Å². The van der Waals surface area contributed by atoms with Crippen molar-refractivity contribution in [3.63, 3.8) is 0 Å². The fraction of sp³-hybridized carbons (Fsp3) is 1.00. The number of hydrogen-bond acceptors (Lipinski definition) is 6. The molecule has 2 atom stereocenters. The normalized spacial score (nSPS) is 28.9. The first kappa shape index (κ1) is 17.5. The summed E-state index contributed by atoms with van der Waals surface area (Å²) in [7, 11) is -6.85. The van der Waals surface area contributed by atoms with Crippen LogP contribution in [0.15, 0.2) is 0 Å². The van der Waals surface area contributed by atoms with Crippen LogP contribution in [0.4, 0.5) is 21.4 Å². The van der Waals surface area contributed by atoms with Crippen molar-refractivity contribution in [1.29, 1.82) is 0 Å². The van der Waals surface area contributed by atoms with Gasteiger partial charge in [0, 0.05) is 0 Å². The third kappa shape index (κ3) is 3.36. The molecule has 12 heteroatoms. The van der Waals surface area contributed by atoms with Gasteiger partial charge in [-0.3, -0.25) is 0 Å². The molecular formula is C8H11F5O6S. The summed E-state index contributed by atoms with van der Waals surface area (Å²) in [5.41, 5.74) is 0. The van der Waals surface area contributed by atoms with E-state index in [4.69, 9.17) is 14.6 Å². The van der Waals surface area contributed by atoms with Gasteiger partial charge in [-0.1, -0.05) is 3.89 Å². The molecule has 1 fully saturated rings. The summed E-state index contributed by atoms with van der Waals surface area (Å²) in [6.45, 7) is -0.921. The Morgan fingerprint density at radius 3 is 2.35 bits per heavy atom. The van der Waals surface area contributed by atoms with E-state index < -0.39 is 46.7 Å². The van der Waals surface area contributed by atoms with Gasteiger partial charge in [-0.15, -0.1) is 0 Å². The molecule has 0 amide bonds. The van der Waals surface area contributed by atoms with Crippen molar-refractivity contribution >= 4 is 10.2 Å². The van der Waals surface area contributed by atoms with E-state index >= 15 is 0 Å². The predicted octanol–water partition coefficient (Wildman–Crippen LogP) is 0.612. The van der Waals surface area contributed by atoms with E-state index in [1.807, 2.05) is 0 Å². The Hall–Kier alpha value is -0.560. The van der Waals surface area contributed by atoms with Gasteiger partial charge >= 0.3 is 21.6 Å². The topological polar surface area (TPSA) is 82.1 Å². The van der Waals surface area contributed by atoms with Gasteiger partial charge in [0.05, 0.1) is 19.8 Å². The number of aliphatic hydroxyl groups is 1. The summed E-state index contributed by atoms with van der Waals surface area (Å²) >= 11 is 0. The summed E-state index contributed by atoms with van der Waals surface area (Å²) in [5.74, 6) is -1.50. The Kier molecular flexibility index (Phi) is 4.66. The average molecular weight is 330 g/mol. The van der Waals surface area contributed by atoms with E-state index in [1.165, 1.54) is 6.92 Å². The largest absolute Gasteiger partial charge is 0.464 e. The Balaban J connectivity index is 2.66. The fourth-order valence-electron chi connectivity index (χ4n) is 1.28. The van der Waals surface area contributed by atoms with E-state index in [9.17, 15) is 29.9 Å². The van der Waals surface area contributed by atoms with Crippen LogP contribution in [0.1, 0.15) is 6.92 Å². The first-order valence-electron chi connectivity index (χ1n) is 5.11. The molecule has 0 spiro atoms. The van der Waals surface area contributed by atoms with Crippen LogP contribution in [0.3, 0.4) is 0 Å². The summed E-state index contributed by atoms with van der Waals surface area (Å²) in [5, 5.41) is 2.79. The SMILES string of the molecule is CC1(CO)OCC(COC(F)(F)C(F)(F)S(=O)(=O)F)O1. The molecule has 6 nitrogen and oxygen atoms in total. The molecule has 1 aliphatic rings. The molecule has 0 radical (unpaired) electrons. The second-order valence-electron chi connectivity index (χ2n) is 4.13. The molecule has 0 aromatic carbocycles. The van der Waals surface area contributed by atoms with Crippen molar-refractivity contribution in [2.24, 2.45) is 0 Å². The van der Waals surface area contributed by atoms with E-state index in [0.29, 0.717) is 0 Å². The van der Waals surface area contributed by atoms with E-state index in [2.05, 4.69) is 4.74 Å². The maximum atomic E-state index is 12.9. The molecular weight excluding hydrogens is 319 g/mol. The molecule has 1 aliphatic heterocycles. The van der Waals surface area contributed by atoms with Crippen LogP contribution < -0.4 is 0 Å². The summed E-state index contributed by atoms with van der Waals surface area (Å²) in [6, 6.07) is 0. The fourth-order valence-corrected chi connectivity index (χ4v) is 1.62. The van der Waals surface area contributed by atoms with Gasteiger partial charge in [0.2, 0.25) is 0 Å². The minimum absolute atomic E-state index is 0.360. The van der Waals surface area contributed by atoms with Crippen molar-refractivity contribution in [3.8, 4) is 0 Å². The van der Waals surface area contributed by atoms with Crippen molar-refractivity contribution in [2.45, 2.75) is 30.2 Å². The molecule has 20 heavy (non-hydrogen) atoms. The van der Waals surface area contributed by atoms with E-state index in [0.717, 1.165) is 0 Å². The van der Waals surface area contributed by atoms with Gasteiger partial charge in [0.1, 0.15) is 6.10 Å². The average Bonchev–Trinajstić information content (AvgIpc) is 2.68. The number of halogens is 5. The van der Waals surface area contributed by atoms with Crippen LogP contribution >= 0.6 is 0 Å². The third-order valence-corrected chi connectivity index (χ3v) is 3.22. The van der Waals surface area contributed by atoms with Crippen molar-refractivity contribution < 1.29 is 49.2 Å². The number of hydrogen-bond donors (Lipinski definition) is 1. The first-order valence-corrected chi connectivity index (χ1v) is 6.49. The van der Waals surface area contributed by atoms with E-state index in [1.54, 1.807) is 0 Å². The molecule has 0 aromatic heterocycles. The second kappa shape index (κ2) is 5.33. The van der Waals surface area contributed by atoms with Crippen LogP contribution in [0.25, 0.3) is 0 Å². The van der Waals surface area contributed by atoms with Gasteiger partial charge in [-0.2, -0.15) is 26.0 Å². The lowest BCUT2D eigenvalue weighted by molar-refractivity contribution is -0.324. The van der Waals surface area contributed by atoms with Crippen LogP contribution in [0.2, 0.25) is 0 Å². The van der Waals surface area contributed by atoms with Gasteiger partial charge in [0.25, 0.3) is 0 Å². The second-order valence-corrected chi connectivity index (χ2v) is 5.51. The highest BCUT2D eigenvalue weighted by Gasteiger charge is 2.68. The zero-order valence-corrected chi connectivity index (χ0v) is 10.8. The Morgan fingerprint density at radius 2 is 1.95 bits per heavy atom. The van der Waals surface area contributed by atoms with Gasteiger partial charge in [-0.25, -0.2) is 0 Å². The van der Waals surface area contributed by atoms with Crippen LogP contribution in [0.5, 0.6) is 0 Å². The van der Waals surface area contributed by atoms with Crippen molar-refractivity contribution in [3.05, 3.63) is 0 Å². The lowest BCUT2D eigenvalue weighted by atomic mass is 10.3. The number of alkyl halides is 4. The predicted molar refractivity (Wildman–Crippen MR) is 52.2 cm³/mol. The molecule has 120 valence electrons.